The third-order valence-corrected chi connectivity index (χ3v) is 4.82. The fourth-order valence-corrected chi connectivity index (χ4v) is 3.41. The highest BCUT2D eigenvalue weighted by molar-refractivity contribution is 9.10. The molecule has 7 heteroatoms. The molecule has 0 fully saturated rings. The largest absolute Gasteiger partial charge is 0.493 e. The van der Waals surface area contributed by atoms with Crippen molar-refractivity contribution in [1.82, 2.24) is 15.0 Å². The molecule has 0 unspecified atom stereocenters. The van der Waals surface area contributed by atoms with Crippen LogP contribution in [-0.2, 0) is 6.42 Å². The van der Waals surface area contributed by atoms with E-state index in [1.165, 1.54) is 7.11 Å². The van der Waals surface area contributed by atoms with Gasteiger partial charge in [-0.25, -0.2) is 4.98 Å². The van der Waals surface area contributed by atoms with Crippen LogP contribution in [0.4, 0.5) is 0 Å². The predicted molar refractivity (Wildman–Crippen MR) is 108 cm³/mol. The minimum Gasteiger partial charge on any atom is -0.493 e. The molecule has 4 aromatic rings. The lowest BCUT2D eigenvalue weighted by atomic mass is 10.1. The Kier molecular flexibility index (Phi) is 4.53. The molecule has 2 heterocycles. The lowest BCUT2D eigenvalue weighted by molar-refractivity contribution is 0.355. The summed E-state index contributed by atoms with van der Waals surface area (Å²) in [6, 6.07) is 11.3. The van der Waals surface area contributed by atoms with Crippen LogP contribution in [0.25, 0.3) is 21.8 Å². The second-order valence-electron chi connectivity index (χ2n) is 6.09. The van der Waals surface area contributed by atoms with Crippen LogP contribution in [-0.4, -0.2) is 29.2 Å². The van der Waals surface area contributed by atoms with Crippen molar-refractivity contribution in [2.45, 2.75) is 6.42 Å². The summed E-state index contributed by atoms with van der Waals surface area (Å²) < 4.78 is 11.6. The maximum absolute atomic E-state index is 12.5. The summed E-state index contributed by atoms with van der Waals surface area (Å²) in [5, 5.41) is 1.48. The van der Waals surface area contributed by atoms with Gasteiger partial charge >= 0.3 is 0 Å². The fraction of sp³-hybridized carbons (Fsp3) is 0.150. The van der Waals surface area contributed by atoms with Crippen LogP contribution in [0.15, 0.2) is 51.9 Å². The zero-order chi connectivity index (χ0) is 19.0. The number of aromatic amines is 1. The van der Waals surface area contributed by atoms with Crippen LogP contribution < -0.4 is 15.0 Å². The average Bonchev–Trinajstić information content (AvgIpc) is 2.66. The van der Waals surface area contributed by atoms with Crippen molar-refractivity contribution in [3.8, 4) is 11.5 Å². The van der Waals surface area contributed by atoms with E-state index in [-0.39, 0.29) is 5.56 Å². The monoisotopic (exact) mass is 425 g/mol. The second-order valence-corrected chi connectivity index (χ2v) is 7.01. The van der Waals surface area contributed by atoms with Gasteiger partial charge in [-0.05, 0) is 35.9 Å². The van der Waals surface area contributed by atoms with E-state index < -0.39 is 0 Å². The quantitative estimate of drug-likeness (QED) is 0.537. The van der Waals surface area contributed by atoms with E-state index in [1.807, 2.05) is 24.3 Å². The Morgan fingerprint density at radius 3 is 2.59 bits per heavy atom. The Balaban J connectivity index is 1.76. The first kappa shape index (κ1) is 17.5. The average molecular weight is 426 g/mol. The number of halogens is 1. The number of hydrogen-bond acceptors (Lipinski definition) is 5. The molecule has 6 nitrogen and oxygen atoms in total. The molecule has 0 aliphatic rings. The molecule has 0 spiro atoms. The molecule has 2 aromatic carbocycles. The number of ether oxygens (including phenoxy) is 2. The van der Waals surface area contributed by atoms with Crippen molar-refractivity contribution in [3.05, 3.63) is 68.8 Å². The van der Waals surface area contributed by atoms with E-state index in [1.54, 1.807) is 25.4 Å². The van der Waals surface area contributed by atoms with Crippen LogP contribution in [0, 0.1) is 0 Å². The van der Waals surface area contributed by atoms with Gasteiger partial charge in [0.1, 0.15) is 5.82 Å². The van der Waals surface area contributed by atoms with Crippen molar-refractivity contribution >= 4 is 37.7 Å². The van der Waals surface area contributed by atoms with Gasteiger partial charge in [-0.2, -0.15) is 0 Å². The van der Waals surface area contributed by atoms with Gasteiger partial charge in [0.25, 0.3) is 5.56 Å². The maximum atomic E-state index is 12.5. The Bertz CT molecular complexity index is 1220. The van der Waals surface area contributed by atoms with Crippen molar-refractivity contribution < 1.29 is 9.47 Å². The molecule has 0 amide bonds. The molecule has 0 aliphatic heterocycles. The summed E-state index contributed by atoms with van der Waals surface area (Å²) in [6.45, 7) is 0. The van der Waals surface area contributed by atoms with E-state index in [2.05, 4.69) is 30.9 Å². The van der Waals surface area contributed by atoms with Gasteiger partial charge in [0.15, 0.2) is 11.5 Å². The summed E-state index contributed by atoms with van der Waals surface area (Å²) in [7, 11) is 3.08. The second kappa shape index (κ2) is 7.00. The smallest absolute Gasteiger partial charge is 0.258 e. The first-order valence-corrected chi connectivity index (χ1v) is 9.06. The third-order valence-electron chi connectivity index (χ3n) is 4.33. The number of benzene rings is 2. The lowest BCUT2D eigenvalue weighted by Gasteiger charge is -2.09. The Hall–Kier alpha value is -2.93. The highest BCUT2D eigenvalue weighted by Crippen LogP contribution is 2.30. The van der Waals surface area contributed by atoms with Crippen molar-refractivity contribution in [1.29, 1.82) is 0 Å². The van der Waals surface area contributed by atoms with Crippen molar-refractivity contribution in [3.63, 3.8) is 0 Å². The fourth-order valence-electron chi connectivity index (χ4n) is 3.04. The summed E-state index contributed by atoms with van der Waals surface area (Å²) in [4.78, 5) is 24.4. The molecule has 4 rings (SSSR count). The lowest BCUT2D eigenvalue weighted by Crippen LogP contribution is -2.12. The molecule has 0 atom stereocenters. The van der Waals surface area contributed by atoms with Gasteiger partial charge in [-0.15, -0.1) is 0 Å². The van der Waals surface area contributed by atoms with Gasteiger partial charge < -0.3 is 14.5 Å². The summed E-state index contributed by atoms with van der Waals surface area (Å²) >= 11 is 3.48. The number of rotatable bonds is 4. The van der Waals surface area contributed by atoms with Gasteiger partial charge in [0.2, 0.25) is 0 Å². The highest BCUT2D eigenvalue weighted by atomic mass is 79.9. The summed E-state index contributed by atoms with van der Waals surface area (Å²) in [6.07, 6.45) is 2.27. The zero-order valence-corrected chi connectivity index (χ0v) is 16.3. The minimum absolute atomic E-state index is 0.215. The SMILES string of the molecule is COc1cc2nc(Cc3cnc4ccc(Br)cc4c3)[nH]c(=O)c2cc1OC. The van der Waals surface area contributed by atoms with E-state index >= 15 is 0 Å². The van der Waals surface area contributed by atoms with Crippen LogP contribution in [0.5, 0.6) is 11.5 Å². The van der Waals surface area contributed by atoms with Crippen LogP contribution in [0.3, 0.4) is 0 Å². The van der Waals surface area contributed by atoms with Crippen molar-refractivity contribution in [2.24, 2.45) is 0 Å². The maximum Gasteiger partial charge on any atom is 0.258 e. The molecule has 0 radical (unpaired) electrons. The van der Waals surface area contributed by atoms with E-state index in [0.717, 1.165) is 20.9 Å². The molecular formula is C20H16BrN3O3. The van der Waals surface area contributed by atoms with Crippen LogP contribution >= 0.6 is 15.9 Å². The van der Waals surface area contributed by atoms with Crippen LogP contribution in [0.1, 0.15) is 11.4 Å². The van der Waals surface area contributed by atoms with Gasteiger partial charge in [0, 0.05) is 28.5 Å². The van der Waals surface area contributed by atoms with E-state index in [4.69, 9.17) is 9.47 Å². The molecule has 0 saturated heterocycles. The minimum atomic E-state index is -0.215. The molecule has 0 aliphatic carbocycles. The molecule has 0 saturated carbocycles. The molecular weight excluding hydrogens is 410 g/mol. The number of nitrogens with zero attached hydrogens (tertiary/aromatic N) is 2. The normalized spacial score (nSPS) is 11.1. The van der Waals surface area contributed by atoms with Crippen molar-refractivity contribution in [2.75, 3.05) is 14.2 Å². The highest BCUT2D eigenvalue weighted by Gasteiger charge is 2.11. The molecule has 2 aromatic heterocycles. The van der Waals surface area contributed by atoms with Gasteiger partial charge in [0.05, 0.1) is 30.6 Å². The first-order valence-electron chi connectivity index (χ1n) is 8.26. The molecule has 1 N–H and O–H groups in total. The van der Waals surface area contributed by atoms with Gasteiger partial charge in [-0.3, -0.25) is 9.78 Å². The molecule has 0 bridgehead atoms. The Labute approximate surface area is 163 Å². The van der Waals surface area contributed by atoms with Gasteiger partial charge in [-0.1, -0.05) is 15.9 Å². The summed E-state index contributed by atoms with van der Waals surface area (Å²) in [5.41, 5.74) is 2.22. The standard InChI is InChI=1S/C20H16BrN3O3/c1-26-17-8-14-16(9-18(17)27-2)23-19(24-20(14)25)6-11-5-12-7-13(21)3-4-15(12)22-10-11/h3-5,7-10H,6H2,1-2H3,(H,23,24,25). The zero-order valence-electron chi connectivity index (χ0n) is 14.7. The number of pyridine rings is 1. The number of fused-ring (bicyclic) bond motifs is 2. The number of H-pyrrole nitrogens is 1. The number of aromatic nitrogens is 3. The predicted octanol–water partition coefficient (Wildman–Crippen LogP) is 3.84. The number of nitrogens with one attached hydrogen (secondary N) is 1. The van der Waals surface area contributed by atoms with Crippen LogP contribution in [0.2, 0.25) is 0 Å². The topological polar surface area (TPSA) is 77.1 Å². The Morgan fingerprint density at radius 2 is 1.81 bits per heavy atom. The third kappa shape index (κ3) is 3.38. The number of hydrogen-bond donors (Lipinski definition) is 1. The van der Waals surface area contributed by atoms with E-state index in [0.29, 0.717) is 34.6 Å². The Morgan fingerprint density at radius 1 is 1.04 bits per heavy atom. The van der Waals surface area contributed by atoms with E-state index in [9.17, 15) is 4.79 Å². The number of methoxy groups -OCH3 is 2. The summed E-state index contributed by atoms with van der Waals surface area (Å²) in [5.74, 6) is 1.59. The molecule has 136 valence electrons. The first-order chi connectivity index (χ1) is 13.1. The molecule has 27 heavy (non-hydrogen) atoms.